The monoisotopic (exact) mass is 1230 g/mol. The summed E-state index contributed by atoms with van der Waals surface area (Å²) < 4.78 is 0. The fourth-order valence-corrected chi connectivity index (χ4v) is 11.4. The van der Waals surface area contributed by atoms with Crippen LogP contribution in [0.1, 0.15) is 94.6 Å². The molecular formula is C59H79N9O20. The van der Waals surface area contributed by atoms with Crippen molar-refractivity contribution in [2.45, 2.75) is 133 Å². The van der Waals surface area contributed by atoms with E-state index in [1.807, 2.05) is 42.5 Å². The van der Waals surface area contributed by atoms with Gasteiger partial charge in [0.1, 0.15) is 18.1 Å². The van der Waals surface area contributed by atoms with Crippen molar-refractivity contribution in [1.82, 2.24) is 41.3 Å². The van der Waals surface area contributed by atoms with Crippen LogP contribution in [0.5, 0.6) is 0 Å². The van der Waals surface area contributed by atoms with Gasteiger partial charge in [-0.15, -0.1) is 0 Å². The van der Waals surface area contributed by atoms with Crippen molar-refractivity contribution in [3.63, 3.8) is 0 Å². The standard InChI is InChI=1S/C59H79N9O20/c69-48(70)23-22-44(57(85)86)65-59(88)64-43(56(83)84)9-5-6-24-60-55(82)45(27-37-14-17-38-7-1-2-8-40(38)25-37)63-54(81)39-18-12-36(13-19-39)28-61-58(87)62-41-20-15-35(16-21-41)26-42(66(30-49(71)72)31-50(73)74)29-67(32-51(75)76)46-10-3-4-11-47(46)68(33-52(77)78)34-53(79)80/h1-2,7-8,14-17,20-21,25,36,39,42-47H,3-6,9-13,18-19,22-24,26-34H2,(H,60,82)(H,63,81)(H,69,70)(H,71,72)(H,73,74)(H,75,76)(H,77,78)(H,79,80)(H,83,84)(H,85,86)(H2,61,62,87)(H2,64,65,88)/t36-,39-,42-,43+,44+,45+,46+,47+/m1/s1. The van der Waals surface area contributed by atoms with Crippen molar-refractivity contribution >= 4 is 88.1 Å². The number of fused-ring (bicyclic) bond motifs is 1. The molecule has 2 aliphatic rings. The molecule has 3 aromatic carbocycles. The van der Waals surface area contributed by atoms with Gasteiger partial charge in [0.05, 0.1) is 32.7 Å². The molecule has 0 spiro atoms. The minimum atomic E-state index is -1.57. The topological polar surface area (TPSA) is 449 Å². The van der Waals surface area contributed by atoms with Crippen LogP contribution >= 0.6 is 0 Å². The Morgan fingerprint density at radius 1 is 0.500 bits per heavy atom. The van der Waals surface area contributed by atoms with Crippen LogP contribution in [0.25, 0.3) is 10.8 Å². The highest BCUT2D eigenvalue weighted by atomic mass is 16.4. The average molecular weight is 1230 g/mol. The minimum Gasteiger partial charge on any atom is -0.481 e. The normalized spacial score (nSPS) is 18.0. The van der Waals surface area contributed by atoms with Gasteiger partial charge in [-0.05, 0) is 111 Å². The van der Waals surface area contributed by atoms with Gasteiger partial charge in [-0.25, -0.2) is 19.2 Å². The Hall–Kier alpha value is -8.96. The van der Waals surface area contributed by atoms with Gasteiger partial charge >= 0.3 is 59.8 Å². The average Bonchev–Trinajstić information content (AvgIpc) is 2.24. The van der Waals surface area contributed by atoms with E-state index in [1.54, 1.807) is 24.3 Å². The first-order valence-corrected chi connectivity index (χ1v) is 29.1. The second-order valence-electron chi connectivity index (χ2n) is 22.3. The van der Waals surface area contributed by atoms with Gasteiger partial charge < -0.3 is 72.8 Å². The highest BCUT2D eigenvalue weighted by Crippen LogP contribution is 2.31. The van der Waals surface area contributed by atoms with Crippen LogP contribution in [0.2, 0.25) is 0 Å². The lowest BCUT2D eigenvalue weighted by Crippen LogP contribution is -2.59. The number of rotatable bonds is 37. The molecule has 480 valence electrons. The minimum absolute atomic E-state index is 0.00290. The predicted molar refractivity (Wildman–Crippen MR) is 313 cm³/mol. The van der Waals surface area contributed by atoms with E-state index in [1.165, 1.54) is 14.7 Å². The Morgan fingerprint density at radius 2 is 1.05 bits per heavy atom. The van der Waals surface area contributed by atoms with E-state index in [2.05, 4.69) is 31.9 Å². The summed E-state index contributed by atoms with van der Waals surface area (Å²) in [7, 11) is 0. The van der Waals surface area contributed by atoms with Crippen LogP contribution in [0.15, 0.2) is 66.7 Å². The molecule has 3 aromatic rings. The van der Waals surface area contributed by atoms with Crippen LogP contribution < -0.4 is 31.9 Å². The molecule has 29 heteroatoms. The fourth-order valence-electron chi connectivity index (χ4n) is 11.4. The number of carbonyl (C=O) groups excluding carboxylic acids is 4. The largest absolute Gasteiger partial charge is 0.481 e. The fraction of sp³-hybridized carbons (Fsp3) is 0.525. The highest BCUT2D eigenvalue weighted by molar-refractivity contribution is 5.90. The molecular weight excluding hydrogens is 1150 g/mol. The number of nitrogens with one attached hydrogen (secondary N) is 6. The number of hydrogen-bond acceptors (Lipinski definition) is 15. The summed E-state index contributed by atoms with van der Waals surface area (Å²) in [4.78, 5) is 152. The zero-order valence-electron chi connectivity index (χ0n) is 48.6. The van der Waals surface area contributed by atoms with Crippen LogP contribution in [0.4, 0.5) is 15.3 Å². The Bertz CT molecular complexity index is 2910. The Kier molecular flexibility index (Phi) is 27.8. The number of hydrogen-bond donors (Lipinski definition) is 14. The molecule has 2 saturated carbocycles. The maximum atomic E-state index is 13.9. The molecule has 0 aromatic heterocycles. The molecule has 0 heterocycles. The number of carboxylic acid groups (broad SMARTS) is 8. The molecule has 14 N–H and O–H groups in total. The molecule has 0 unspecified atom stereocenters. The van der Waals surface area contributed by atoms with Crippen molar-refractivity contribution in [3.8, 4) is 0 Å². The van der Waals surface area contributed by atoms with Gasteiger partial charge in [-0.3, -0.25) is 53.1 Å². The van der Waals surface area contributed by atoms with Gasteiger partial charge in [0.2, 0.25) is 11.8 Å². The van der Waals surface area contributed by atoms with Crippen molar-refractivity contribution < 1.29 is 98.4 Å². The molecule has 29 nitrogen and oxygen atoms in total. The van der Waals surface area contributed by atoms with Gasteiger partial charge in [0.25, 0.3) is 0 Å². The Labute approximate surface area is 506 Å². The van der Waals surface area contributed by atoms with Crippen LogP contribution in [0, 0.1) is 11.8 Å². The number of aliphatic carboxylic acids is 8. The molecule has 0 radical (unpaired) electrons. The third-order valence-corrected chi connectivity index (χ3v) is 15.7. The second kappa shape index (κ2) is 35.0. The van der Waals surface area contributed by atoms with Crippen molar-refractivity contribution in [2.24, 2.45) is 11.8 Å². The SMILES string of the molecule is O=C(O)CC[C@H](NC(=O)N[C@@H](CCCCNC(=O)[C@H](Cc1ccc2ccccc2c1)NC(=O)[C@H]1CC[C@H](CNC(=O)Nc2ccc(C[C@H](CN(CC(=O)O)[C@H]3CCCC[C@@H]3N(CC(=O)O)CC(=O)O)N(CC(=O)O)CC(=O)O)cc2)CC1)C(=O)O)C(=O)O. The summed E-state index contributed by atoms with van der Waals surface area (Å²) in [5.41, 5.74) is 1.72. The van der Waals surface area contributed by atoms with Gasteiger partial charge in [-0.2, -0.15) is 0 Å². The number of nitrogens with zero attached hydrogens (tertiary/aromatic N) is 3. The number of amides is 6. The molecule has 6 amide bonds. The summed E-state index contributed by atoms with van der Waals surface area (Å²) in [5, 5.41) is 94.6. The Balaban J connectivity index is 1.16. The summed E-state index contributed by atoms with van der Waals surface area (Å²) in [5.74, 6) is -11.9. The maximum absolute atomic E-state index is 13.9. The number of benzene rings is 3. The lowest BCUT2D eigenvalue weighted by atomic mass is 9.81. The van der Waals surface area contributed by atoms with Gasteiger partial charge in [0, 0.05) is 62.2 Å². The molecule has 6 atom stereocenters. The molecule has 88 heavy (non-hydrogen) atoms. The van der Waals surface area contributed by atoms with Crippen molar-refractivity contribution in [3.05, 3.63) is 77.9 Å². The first-order chi connectivity index (χ1) is 41.8. The van der Waals surface area contributed by atoms with Gasteiger partial charge in [-0.1, -0.05) is 67.4 Å². The lowest BCUT2D eigenvalue weighted by molar-refractivity contribution is -0.147. The van der Waals surface area contributed by atoms with Crippen LogP contribution in [-0.4, -0.2) is 216 Å². The molecule has 0 bridgehead atoms. The van der Waals surface area contributed by atoms with Crippen LogP contribution in [-0.2, 0) is 60.8 Å². The molecule has 2 aliphatic carbocycles. The zero-order chi connectivity index (χ0) is 64.5. The molecule has 5 rings (SSSR count). The predicted octanol–water partition coefficient (Wildman–Crippen LogP) is 2.40. The zero-order valence-corrected chi connectivity index (χ0v) is 48.6. The highest BCUT2D eigenvalue weighted by Gasteiger charge is 2.39. The summed E-state index contributed by atoms with van der Waals surface area (Å²) in [6, 6.07) is 11.9. The van der Waals surface area contributed by atoms with E-state index in [-0.39, 0.29) is 63.6 Å². The van der Waals surface area contributed by atoms with Gasteiger partial charge in [0.15, 0.2) is 0 Å². The van der Waals surface area contributed by atoms with Crippen molar-refractivity contribution in [1.29, 1.82) is 0 Å². The number of unbranched alkanes of at least 4 members (excludes halogenated alkanes) is 1. The second-order valence-corrected chi connectivity index (χ2v) is 22.3. The summed E-state index contributed by atoms with van der Waals surface area (Å²) in [6.07, 6.45) is 3.57. The third kappa shape index (κ3) is 24.1. The number of anilines is 1. The van der Waals surface area contributed by atoms with E-state index >= 15 is 0 Å². The molecule has 2 fully saturated rings. The number of urea groups is 2. The summed E-state index contributed by atoms with van der Waals surface area (Å²) >= 11 is 0. The van der Waals surface area contributed by atoms with Crippen LogP contribution in [0.3, 0.4) is 0 Å². The van der Waals surface area contributed by atoms with E-state index < -0.39 is 153 Å². The van der Waals surface area contributed by atoms with E-state index in [9.17, 15) is 93.3 Å². The summed E-state index contributed by atoms with van der Waals surface area (Å²) in [6.45, 7) is -3.13. The molecule has 0 saturated heterocycles. The number of carboxylic acids is 8. The Morgan fingerprint density at radius 3 is 1.61 bits per heavy atom. The molecule has 0 aliphatic heterocycles. The third-order valence-electron chi connectivity index (χ3n) is 15.7. The smallest absolute Gasteiger partial charge is 0.326 e. The van der Waals surface area contributed by atoms with Crippen molar-refractivity contribution in [2.75, 3.05) is 57.7 Å². The maximum Gasteiger partial charge on any atom is 0.326 e. The van der Waals surface area contributed by atoms with E-state index in [0.717, 1.165) is 16.3 Å². The first-order valence-electron chi connectivity index (χ1n) is 29.1. The van der Waals surface area contributed by atoms with E-state index in [0.29, 0.717) is 62.6 Å². The quantitative estimate of drug-likeness (QED) is 0.0369. The number of carbonyl (C=O) groups is 12. The lowest BCUT2D eigenvalue weighted by Gasteiger charge is -2.45. The first kappa shape index (κ1) is 69.8. The van der Waals surface area contributed by atoms with E-state index in [4.69, 9.17) is 5.11 Å².